The van der Waals surface area contributed by atoms with Crippen LogP contribution in [0.1, 0.15) is 26.7 Å². The van der Waals surface area contributed by atoms with E-state index in [1.54, 1.807) is 6.92 Å². The van der Waals surface area contributed by atoms with Gasteiger partial charge in [0, 0.05) is 25.4 Å². The van der Waals surface area contributed by atoms with Crippen LogP contribution in [0.5, 0.6) is 0 Å². The van der Waals surface area contributed by atoms with Crippen LogP contribution < -0.4 is 0 Å². The predicted octanol–water partition coefficient (Wildman–Crippen LogP) is 0.851. The highest BCUT2D eigenvalue weighted by atomic mass is 16.5. The van der Waals surface area contributed by atoms with Gasteiger partial charge in [-0.25, -0.2) is 0 Å². The summed E-state index contributed by atoms with van der Waals surface area (Å²) in [6.45, 7) is 6.08. The lowest BCUT2D eigenvalue weighted by Crippen LogP contribution is -2.40. The zero-order valence-electron chi connectivity index (χ0n) is 9.49. The van der Waals surface area contributed by atoms with Crippen LogP contribution in [0, 0.1) is 5.92 Å². The maximum Gasteiger partial charge on any atom is 0.222 e. The van der Waals surface area contributed by atoms with Gasteiger partial charge in [-0.05, 0) is 13.3 Å². The molecule has 4 nitrogen and oxygen atoms in total. The fraction of sp³-hybridized carbons (Fsp3) is 0.818. The van der Waals surface area contributed by atoms with Gasteiger partial charge >= 0.3 is 0 Å². The molecule has 0 spiro atoms. The first kappa shape index (κ1) is 12.2. The molecule has 1 atom stereocenters. The molecular weight excluding hydrogens is 194 g/mol. The lowest BCUT2D eigenvalue weighted by molar-refractivity contribution is -0.135. The lowest BCUT2D eigenvalue weighted by atomic mass is 10.0. The second kappa shape index (κ2) is 5.85. The molecular formula is C11H19NO3. The van der Waals surface area contributed by atoms with Crippen molar-refractivity contribution in [2.24, 2.45) is 5.92 Å². The molecule has 1 amide bonds. The van der Waals surface area contributed by atoms with Crippen LogP contribution in [0.3, 0.4) is 0 Å². The van der Waals surface area contributed by atoms with Crippen LogP contribution in [0.25, 0.3) is 0 Å². The molecule has 1 rings (SSSR count). The Morgan fingerprint density at radius 2 is 1.93 bits per heavy atom. The highest BCUT2D eigenvalue weighted by Crippen LogP contribution is 2.09. The predicted molar refractivity (Wildman–Crippen MR) is 56.5 cm³/mol. The van der Waals surface area contributed by atoms with Crippen LogP contribution in [0.15, 0.2) is 0 Å². The fourth-order valence-electron chi connectivity index (χ4n) is 1.51. The summed E-state index contributed by atoms with van der Waals surface area (Å²) < 4.78 is 5.17. The van der Waals surface area contributed by atoms with Crippen LogP contribution in [0.4, 0.5) is 0 Å². The zero-order chi connectivity index (χ0) is 11.3. The van der Waals surface area contributed by atoms with E-state index >= 15 is 0 Å². The Bertz CT molecular complexity index is 234. The highest BCUT2D eigenvalue weighted by molar-refractivity contribution is 5.80. The number of morpholine rings is 1. The summed E-state index contributed by atoms with van der Waals surface area (Å²) in [6, 6.07) is 0. The van der Waals surface area contributed by atoms with Crippen molar-refractivity contribution in [3.63, 3.8) is 0 Å². The fourth-order valence-corrected chi connectivity index (χ4v) is 1.51. The minimum Gasteiger partial charge on any atom is -0.378 e. The maximum atomic E-state index is 11.7. The van der Waals surface area contributed by atoms with Gasteiger partial charge in [0.15, 0.2) is 0 Å². The van der Waals surface area contributed by atoms with Crippen molar-refractivity contribution >= 4 is 11.7 Å². The van der Waals surface area contributed by atoms with E-state index in [-0.39, 0.29) is 17.6 Å². The summed E-state index contributed by atoms with van der Waals surface area (Å²) in [5.74, 6) is 0.297. The molecule has 0 aliphatic carbocycles. The van der Waals surface area contributed by atoms with E-state index in [0.717, 1.165) is 0 Å². The van der Waals surface area contributed by atoms with Crippen molar-refractivity contribution in [3.05, 3.63) is 0 Å². The monoisotopic (exact) mass is 213 g/mol. The normalized spacial score (nSPS) is 18.7. The quantitative estimate of drug-likeness (QED) is 0.695. The zero-order valence-corrected chi connectivity index (χ0v) is 9.49. The average Bonchev–Trinajstić information content (AvgIpc) is 2.26. The molecule has 1 heterocycles. The number of carbonyl (C=O) groups is 2. The van der Waals surface area contributed by atoms with Gasteiger partial charge < -0.3 is 9.64 Å². The number of ketones is 1. The molecule has 1 saturated heterocycles. The largest absolute Gasteiger partial charge is 0.378 e. The van der Waals surface area contributed by atoms with E-state index in [0.29, 0.717) is 39.1 Å². The van der Waals surface area contributed by atoms with Crippen LogP contribution >= 0.6 is 0 Å². The molecule has 1 aliphatic rings. The SMILES string of the molecule is CC(=O)C(C)CCC(=O)N1CCOCC1. The average molecular weight is 213 g/mol. The maximum absolute atomic E-state index is 11.7. The van der Waals surface area contributed by atoms with Gasteiger partial charge in [-0.2, -0.15) is 0 Å². The third-order valence-electron chi connectivity index (χ3n) is 2.85. The van der Waals surface area contributed by atoms with E-state index in [4.69, 9.17) is 4.74 Å². The molecule has 15 heavy (non-hydrogen) atoms. The number of Topliss-reactive ketones (excluding diaryl/α,β-unsaturated/α-hetero) is 1. The third-order valence-corrected chi connectivity index (χ3v) is 2.85. The van der Waals surface area contributed by atoms with Gasteiger partial charge in [0.1, 0.15) is 5.78 Å². The number of hydrogen-bond donors (Lipinski definition) is 0. The Balaban J connectivity index is 2.25. The first-order chi connectivity index (χ1) is 7.11. The van der Waals surface area contributed by atoms with Crippen molar-refractivity contribution in [2.75, 3.05) is 26.3 Å². The summed E-state index contributed by atoms with van der Waals surface area (Å²) in [7, 11) is 0. The van der Waals surface area contributed by atoms with Crippen molar-refractivity contribution < 1.29 is 14.3 Å². The summed E-state index contributed by atoms with van der Waals surface area (Å²) in [6.07, 6.45) is 1.13. The molecule has 4 heteroatoms. The van der Waals surface area contributed by atoms with Gasteiger partial charge in [0.25, 0.3) is 0 Å². The first-order valence-electron chi connectivity index (χ1n) is 5.47. The molecule has 1 aliphatic heterocycles. The van der Waals surface area contributed by atoms with Gasteiger partial charge in [-0.1, -0.05) is 6.92 Å². The number of ether oxygens (including phenoxy) is 1. The van der Waals surface area contributed by atoms with Crippen molar-refractivity contribution in [3.8, 4) is 0 Å². The smallest absolute Gasteiger partial charge is 0.222 e. The van der Waals surface area contributed by atoms with Crippen molar-refractivity contribution in [1.82, 2.24) is 4.90 Å². The van der Waals surface area contributed by atoms with E-state index in [9.17, 15) is 9.59 Å². The van der Waals surface area contributed by atoms with Crippen molar-refractivity contribution in [1.29, 1.82) is 0 Å². The minimum absolute atomic E-state index is 0.00464. The molecule has 0 N–H and O–H groups in total. The molecule has 0 aromatic carbocycles. The third kappa shape index (κ3) is 4.00. The van der Waals surface area contributed by atoms with Crippen LogP contribution in [-0.4, -0.2) is 42.9 Å². The number of nitrogens with zero attached hydrogens (tertiary/aromatic N) is 1. The van der Waals surface area contributed by atoms with E-state index in [2.05, 4.69) is 0 Å². The Labute approximate surface area is 90.6 Å². The molecule has 0 saturated carbocycles. The molecule has 1 unspecified atom stereocenters. The van der Waals surface area contributed by atoms with E-state index < -0.39 is 0 Å². The Morgan fingerprint density at radius 3 is 2.47 bits per heavy atom. The first-order valence-corrected chi connectivity index (χ1v) is 5.47. The van der Waals surface area contributed by atoms with E-state index in [1.165, 1.54) is 0 Å². The second-order valence-electron chi connectivity index (χ2n) is 4.04. The Kier molecular flexibility index (Phi) is 4.75. The Morgan fingerprint density at radius 1 is 1.33 bits per heavy atom. The second-order valence-corrected chi connectivity index (χ2v) is 4.04. The summed E-state index contributed by atoms with van der Waals surface area (Å²) in [5, 5.41) is 0. The summed E-state index contributed by atoms with van der Waals surface area (Å²) in [4.78, 5) is 24.5. The van der Waals surface area contributed by atoms with E-state index in [1.807, 2.05) is 11.8 Å². The number of rotatable bonds is 4. The standard InChI is InChI=1S/C11H19NO3/c1-9(10(2)13)3-4-11(14)12-5-7-15-8-6-12/h9H,3-8H2,1-2H3. The summed E-state index contributed by atoms with van der Waals surface area (Å²) >= 11 is 0. The van der Waals surface area contributed by atoms with Gasteiger partial charge in [0.2, 0.25) is 5.91 Å². The molecule has 0 radical (unpaired) electrons. The molecule has 0 aromatic heterocycles. The molecule has 86 valence electrons. The lowest BCUT2D eigenvalue weighted by Gasteiger charge is -2.27. The van der Waals surface area contributed by atoms with Crippen LogP contribution in [0.2, 0.25) is 0 Å². The molecule has 0 aromatic rings. The van der Waals surface area contributed by atoms with Gasteiger partial charge in [0.05, 0.1) is 13.2 Å². The summed E-state index contributed by atoms with van der Waals surface area (Å²) in [5.41, 5.74) is 0. The van der Waals surface area contributed by atoms with Gasteiger partial charge in [-0.3, -0.25) is 9.59 Å². The topological polar surface area (TPSA) is 46.6 Å². The number of amides is 1. The molecule has 0 bridgehead atoms. The van der Waals surface area contributed by atoms with Crippen LogP contribution in [-0.2, 0) is 14.3 Å². The highest BCUT2D eigenvalue weighted by Gasteiger charge is 2.18. The molecule has 1 fully saturated rings. The number of hydrogen-bond acceptors (Lipinski definition) is 3. The Hall–Kier alpha value is -0.900. The number of carbonyl (C=O) groups excluding carboxylic acids is 2. The van der Waals surface area contributed by atoms with Gasteiger partial charge in [-0.15, -0.1) is 0 Å². The van der Waals surface area contributed by atoms with Crippen molar-refractivity contribution in [2.45, 2.75) is 26.7 Å². The minimum atomic E-state index is -0.00464.